The van der Waals surface area contributed by atoms with Gasteiger partial charge in [0.05, 0.1) is 12.7 Å². The van der Waals surface area contributed by atoms with E-state index >= 15 is 0 Å². The van der Waals surface area contributed by atoms with E-state index in [9.17, 15) is 19.8 Å². The van der Waals surface area contributed by atoms with Gasteiger partial charge in [0.2, 0.25) is 0 Å². The first-order valence-electron chi connectivity index (χ1n) is 9.97. The number of aryl methyl sites for hydroxylation is 1. The molecule has 3 aromatic rings. The SMILES string of the molecule is COC(=O)C(Cc1ccc(O)cc1)N=Cc1cc(Cl)cc(OC(=O)c2cccc(C)c2)c1O. The Kier molecular flexibility index (Phi) is 7.69. The minimum atomic E-state index is -0.906. The van der Waals surface area contributed by atoms with Crippen molar-refractivity contribution < 1.29 is 29.3 Å². The lowest BCUT2D eigenvalue weighted by Gasteiger charge is -2.12. The van der Waals surface area contributed by atoms with Crippen molar-refractivity contribution in [1.29, 1.82) is 0 Å². The van der Waals surface area contributed by atoms with Crippen molar-refractivity contribution in [2.75, 3.05) is 7.11 Å². The van der Waals surface area contributed by atoms with Crippen LogP contribution in [0.4, 0.5) is 0 Å². The summed E-state index contributed by atoms with van der Waals surface area (Å²) in [6.45, 7) is 1.85. The summed E-state index contributed by atoms with van der Waals surface area (Å²) in [6, 6.07) is 15.0. The average molecular weight is 468 g/mol. The Morgan fingerprint density at radius 2 is 1.82 bits per heavy atom. The monoisotopic (exact) mass is 467 g/mol. The van der Waals surface area contributed by atoms with E-state index in [0.717, 1.165) is 11.1 Å². The fraction of sp³-hybridized carbons (Fsp3) is 0.160. The third-order valence-electron chi connectivity index (χ3n) is 4.76. The second-order valence-corrected chi connectivity index (χ2v) is 7.72. The number of nitrogens with zero attached hydrogens (tertiary/aromatic N) is 1. The number of carbonyl (C=O) groups is 2. The van der Waals surface area contributed by atoms with Crippen molar-refractivity contribution in [2.45, 2.75) is 19.4 Å². The van der Waals surface area contributed by atoms with Crippen LogP contribution in [0.5, 0.6) is 17.2 Å². The van der Waals surface area contributed by atoms with Crippen molar-refractivity contribution in [1.82, 2.24) is 0 Å². The maximum absolute atomic E-state index is 12.5. The van der Waals surface area contributed by atoms with Crippen LogP contribution in [0.3, 0.4) is 0 Å². The summed E-state index contributed by atoms with van der Waals surface area (Å²) < 4.78 is 10.2. The van der Waals surface area contributed by atoms with Gasteiger partial charge in [0.1, 0.15) is 5.75 Å². The van der Waals surface area contributed by atoms with E-state index in [1.165, 1.54) is 37.6 Å². The van der Waals surface area contributed by atoms with E-state index in [1.807, 2.05) is 13.0 Å². The Bertz CT molecular complexity index is 1190. The highest BCUT2D eigenvalue weighted by atomic mass is 35.5. The molecule has 0 bridgehead atoms. The molecule has 0 aliphatic carbocycles. The number of phenolic OH excluding ortho intramolecular Hbond substituents is 2. The molecule has 0 amide bonds. The van der Waals surface area contributed by atoms with Crippen LogP contribution in [-0.2, 0) is 16.0 Å². The van der Waals surface area contributed by atoms with Gasteiger partial charge in [-0.25, -0.2) is 9.59 Å². The normalized spacial score (nSPS) is 11.8. The number of halogens is 1. The number of ether oxygens (including phenoxy) is 2. The zero-order valence-electron chi connectivity index (χ0n) is 18.0. The minimum absolute atomic E-state index is 0.105. The number of aromatic hydroxyl groups is 2. The molecule has 8 heteroatoms. The van der Waals surface area contributed by atoms with E-state index in [1.54, 1.807) is 30.3 Å². The third kappa shape index (κ3) is 6.33. The first-order valence-corrected chi connectivity index (χ1v) is 10.3. The third-order valence-corrected chi connectivity index (χ3v) is 4.98. The molecule has 0 fully saturated rings. The van der Waals surface area contributed by atoms with Gasteiger partial charge in [-0.15, -0.1) is 0 Å². The van der Waals surface area contributed by atoms with Crippen LogP contribution in [-0.4, -0.2) is 41.5 Å². The predicted octanol–water partition coefficient (Wildman–Crippen LogP) is 4.48. The van der Waals surface area contributed by atoms with Crippen molar-refractivity contribution in [3.05, 3.63) is 87.9 Å². The number of phenols is 2. The van der Waals surface area contributed by atoms with Gasteiger partial charge in [-0.1, -0.05) is 41.4 Å². The van der Waals surface area contributed by atoms with Crippen LogP contribution >= 0.6 is 11.6 Å². The molecule has 1 atom stereocenters. The van der Waals surface area contributed by atoms with E-state index < -0.39 is 18.0 Å². The van der Waals surface area contributed by atoms with E-state index in [0.29, 0.717) is 5.56 Å². The topological polar surface area (TPSA) is 105 Å². The van der Waals surface area contributed by atoms with Crippen molar-refractivity contribution in [2.24, 2.45) is 4.99 Å². The highest BCUT2D eigenvalue weighted by molar-refractivity contribution is 6.31. The second-order valence-electron chi connectivity index (χ2n) is 7.29. The van der Waals surface area contributed by atoms with E-state index in [4.69, 9.17) is 21.1 Å². The summed E-state index contributed by atoms with van der Waals surface area (Å²) in [5.74, 6) is -1.61. The van der Waals surface area contributed by atoms with Gasteiger partial charge in [0.15, 0.2) is 17.5 Å². The Morgan fingerprint density at radius 1 is 1.09 bits per heavy atom. The number of hydrogen-bond donors (Lipinski definition) is 2. The maximum atomic E-state index is 12.5. The average Bonchev–Trinajstić information content (AvgIpc) is 2.80. The van der Waals surface area contributed by atoms with Crippen LogP contribution in [0.1, 0.15) is 27.0 Å². The molecule has 0 aliphatic heterocycles. The van der Waals surface area contributed by atoms with Crippen LogP contribution in [0, 0.1) is 6.92 Å². The quantitative estimate of drug-likeness (QED) is 0.301. The number of rotatable bonds is 7. The number of carbonyl (C=O) groups excluding carboxylic acids is 2. The molecule has 3 aromatic carbocycles. The molecule has 2 N–H and O–H groups in total. The highest BCUT2D eigenvalue weighted by Crippen LogP contribution is 2.33. The zero-order valence-corrected chi connectivity index (χ0v) is 18.7. The molecule has 1 unspecified atom stereocenters. The largest absolute Gasteiger partial charge is 0.508 e. The summed E-state index contributed by atoms with van der Waals surface area (Å²) in [5, 5.41) is 20.3. The molecule has 170 valence electrons. The lowest BCUT2D eigenvalue weighted by molar-refractivity contribution is -0.142. The number of aliphatic imine (C=N–C) groups is 1. The zero-order chi connectivity index (χ0) is 24.0. The van der Waals surface area contributed by atoms with Gasteiger partial charge >= 0.3 is 11.9 Å². The van der Waals surface area contributed by atoms with Gasteiger partial charge in [-0.2, -0.15) is 0 Å². The summed E-state index contributed by atoms with van der Waals surface area (Å²) in [5.41, 5.74) is 2.12. The number of benzene rings is 3. The van der Waals surface area contributed by atoms with Gasteiger partial charge in [-0.3, -0.25) is 4.99 Å². The minimum Gasteiger partial charge on any atom is -0.508 e. The molecule has 0 radical (unpaired) electrons. The molecule has 33 heavy (non-hydrogen) atoms. The van der Waals surface area contributed by atoms with Gasteiger partial charge in [0, 0.05) is 29.3 Å². The van der Waals surface area contributed by atoms with E-state index in [2.05, 4.69) is 4.99 Å². The van der Waals surface area contributed by atoms with Crippen LogP contribution in [0.25, 0.3) is 0 Å². The van der Waals surface area contributed by atoms with Crippen LogP contribution in [0.2, 0.25) is 5.02 Å². The lowest BCUT2D eigenvalue weighted by Crippen LogP contribution is -2.23. The van der Waals surface area contributed by atoms with E-state index in [-0.39, 0.29) is 34.3 Å². The summed E-state index contributed by atoms with van der Waals surface area (Å²) >= 11 is 6.15. The molecular formula is C25H22ClNO6. The molecular weight excluding hydrogens is 446 g/mol. The molecule has 3 rings (SSSR count). The first kappa shape index (κ1) is 23.8. The molecule has 0 aromatic heterocycles. The summed E-state index contributed by atoms with van der Waals surface area (Å²) in [4.78, 5) is 28.9. The molecule has 0 aliphatic rings. The lowest BCUT2D eigenvalue weighted by atomic mass is 10.1. The van der Waals surface area contributed by atoms with Gasteiger partial charge < -0.3 is 19.7 Å². The van der Waals surface area contributed by atoms with Crippen LogP contribution in [0.15, 0.2) is 65.7 Å². The summed E-state index contributed by atoms with van der Waals surface area (Å²) in [7, 11) is 1.25. The Labute approximate surface area is 195 Å². The van der Waals surface area contributed by atoms with Crippen molar-refractivity contribution in [3.8, 4) is 17.2 Å². The second kappa shape index (κ2) is 10.7. The molecule has 0 saturated carbocycles. The smallest absolute Gasteiger partial charge is 0.343 e. The van der Waals surface area contributed by atoms with Crippen molar-refractivity contribution >= 4 is 29.8 Å². The van der Waals surface area contributed by atoms with Crippen molar-refractivity contribution in [3.63, 3.8) is 0 Å². The number of esters is 2. The van der Waals surface area contributed by atoms with Gasteiger partial charge in [-0.05, 0) is 42.8 Å². The molecule has 0 heterocycles. The maximum Gasteiger partial charge on any atom is 0.343 e. The summed E-state index contributed by atoms with van der Waals surface area (Å²) in [6.07, 6.45) is 1.48. The standard InChI is InChI=1S/C25H22ClNO6/c1-15-4-3-5-17(10-15)24(30)33-22-13-19(26)12-18(23(22)29)14-27-21(25(31)32-2)11-16-6-8-20(28)9-7-16/h3-10,12-14,21,28-29H,11H2,1-2H3. The van der Waals surface area contributed by atoms with Crippen LogP contribution < -0.4 is 4.74 Å². The molecule has 7 nitrogen and oxygen atoms in total. The fourth-order valence-corrected chi connectivity index (χ4v) is 3.28. The molecule has 0 saturated heterocycles. The Balaban J connectivity index is 1.85. The molecule has 0 spiro atoms. The highest BCUT2D eigenvalue weighted by Gasteiger charge is 2.20. The Hall–Kier alpha value is -3.84. The first-order chi connectivity index (χ1) is 15.8. The Morgan fingerprint density at radius 3 is 2.48 bits per heavy atom. The number of hydrogen-bond acceptors (Lipinski definition) is 7. The fourth-order valence-electron chi connectivity index (χ4n) is 3.06. The predicted molar refractivity (Wildman–Crippen MR) is 124 cm³/mol. The van der Waals surface area contributed by atoms with Gasteiger partial charge in [0.25, 0.3) is 0 Å². The number of methoxy groups -OCH3 is 1.